The van der Waals surface area contributed by atoms with Crippen molar-refractivity contribution < 1.29 is 9.53 Å². The molecule has 1 aliphatic heterocycles. The fourth-order valence-electron chi connectivity index (χ4n) is 3.33. The van der Waals surface area contributed by atoms with E-state index in [0.29, 0.717) is 5.41 Å². The number of ether oxygens (including phenoxy) is 1. The van der Waals surface area contributed by atoms with E-state index in [9.17, 15) is 4.79 Å². The Hall–Kier alpha value is -0.730. The zero-order chi connectivity index (χ0) is 15.4. The third-order valence-electron chi connectivity index (χ3n) is 4.67. The van der Waals surface area contributed by atoms with Gasteiger partial charge < -0.3 is 9.64 Å². The third kappa shape index (κ3) is 4.68. The summed E-state index contributed by atoms with van der Waals surface area (Å²) in [6.45, 7) is 14.4. The molecule has 0 bridgehead atoms. The van der Waals surface area contributed by atoms with Gasteiger partial charge in [-0.1, -0.05) is 40.0 Å². The molecule has 1 aliphatic rings. The van der Waals surface area contributed by atoms with Crippen LogP contribution in [-0.2, 0) is 4.74 Å². The number of rotatable bonds is 4. The molecular weight excluding hydrogens is 250 g/mol. The molecule has 3 heteroatoms. The molecule has 1 rings (SSSR count). The number of nitrogens with zero attached hydrogens (tertiary/aromatic N) is 1. The number of likely N-dealkylation sites (tertiary alicyclic amines) is 1. The van der Waals surface area contributed by atoms with Gasteiger partial charge in [0, 0.05) is 13.1 Å². The van der Waals surface area contributed by atoms with Gasteiger partial charge in [0.05, 0.1) is 0 Å². The van der Waals surface area contributed by atoms with Crippen molar-refractivity contribution in [1.29, 1.82) is 0 Å². The van der Waals surface area contributed by atoms with E-state index >= 15 is 0 Å². The van der Waals surface area contributed by atoms with Crippen LogP contribution in [0.5, 0.6) is 0 Å². The molecule has 0 aromatic carbocycles. The second-order valence-corrected chi connectivity index (χ2v) is 7.52. The maximum atomic E-state index is 12.1. The summed E-state index contributed by atoms with van der Waals surface area (Å²) < 4.78 is 5.47. The largest absolute Gasteiger partial charge is 0.444 e. The van der Waals surface area contributed by atoms with Crippen LogP contribution >= 0.6 is 0 Å². The number of hydrogen-bond acceptors (Lipinski definition) is 2. The molecule has 1 fully saturated rings. The Labute approximate surface area is 125 Å². The van der Waals surface area contributed by atoms with Crippen LogP contribution in [0, 0.1) is 11.3 Å². The first-order valence-electron chi connectivity index (χ1n) is 8.19. The van der Waals surface area contributed by atoms with Crippen LogP contribution in [0.4, 0.5) is 4.79 Å². The fourth-order valence-corrected chi connectivity index (χ4v) is 3.33. The lowest BCUT2D eigenvalue weighted by Gasteiger charge is -2.44. The molecule has 0 N–H and O–H groups in total. The number of hydrogen-bond donors (Lipinski definition) is 0. The van der Waals surface area contributed by atoms with Crippen LogP contribution in [0.15, 0.2) is 0 Å². The molecule has 0 aromatic rings. The van der Waals surface area contributed by atoms with Gasteiger partial charge in [0.2, 0.25) is 0 Å². The van der Waals surface area contributed by atoms with Crippen LogP contribution in [0.25, 0.3) is 0 Å². The van der Waals surface area contributed by atoms with Gasteiger partial charge in [-0.15, -0.1) is 0 Å². The Morgan fingerprint density at radius 1 is 1.25 bits per heavy atom. The Bertz CT molecular complexity index is 311. The number of carbonyl (C=O) groups is 1. The van der Waals surface area contributed by atoms with E-state index in [-0.39, 0.29) is 6.09 Å². The van der Waals surface area contributed by atoms with Crippen molar-refractivity contribution in [2.75, 3.05) is 13.1 Å². The van der Waals surface area contributed by atoms with Crippen molar-refractivity contribution in [1.82, 2.24) is 4.90 Å². The average molecular weight is 283 g/mol. The first-order valence-corrected chi connectivity index (χ1v) is 8.19. The fraction of sp³-hybridized carbons (Fsp3) is 0.941. The molecule has 3 nitrogen and oxygen atoms in total. The molecule has 118 valence electrons. The SMILES string of the molecule is CCCC(CC)C1(C)CCN(C(=O)OC(C)(C)C)CC1. The molecule has 1 amide bonds. The van der Waals surface area contributed by atoms with Gasteiger partial charge in [-0.3, -0.25) is 0 Å². The topological polar surface area (TPSA) is 29.5 Å². The Balaban J connectivity index is 2.56. The molecule has 1 saturated heterocycles. The van der Waals surface area contributed by atoms with Crippen LogP contribution in [0.2, 0.25) is 0 Å². The molecule has 0 aliphatic carbocycles. The normalized spacial score (nSPS) is 20.6. The van der Waals surface area contributed by atoms with E-state index in [1.54, 1.807) is 0 Å². The van der Waals surface area contributed by atoms with Crippen molar-refractivity contribution in [3.05, 3.63) is 0 Å². The summed E-state index contributed by atoms with van der Waals surface area (Å²) in [6.07, 6.45) is 5.86. The van der Waals surface area contributed by atoms with Gasteiger partial charge in [0.25, 0.3) is 0 Å². The summed E-state index contributed by atoms with van der Waals surface area (Å²) in [5, 5.41) is 0. The lowest BCUT2D eigenvalue weighted by atomic mass is 9.67. The summed E-state index contributed by atoms with van der Waals surface area (Å²) >= 11 is 0. The first-order chi connectivity index (χ1) is 9.22. The van der Waals surface area contributed by atoms with Crippen molar-refractivity contribution in [3.63, 3.8) is 0 Å². The average Bonchev–Trinajstić information content (AvgIpc) is 2.34. The molecular formula is C17H33NO2. The van der Waals surface area contributed by atoms with Gasteiger partial charge in [-0.25, -0.2) is 4.79 Å². The molecule has 0 saturated carbocycles. The van der Waals surface area contributed by atoms with E-state index in [2.05, 4.69) is 20.8 Å². The highest BCUT2D eigenvalue weighted by atomic mass is 16.6. The van der Waals surface area contributed by atoms with Crippen molar-refractivity contribution >= 4 is 6.09 Å². The van der Waals surface area contributed by atoms with Crippen LogP contribution in [0.1, 0.15) is 73.6 Å². The standard InChI is InChI=1S/C17H33NO2/c1-7-9-14(8-2)17(6)10-12-18(13-11-17)15(19)20-16(3,4)5/h14H,7-13H2,1-6H3. The highest BCUT2D eigenvalue weighted by Crippen LogP contribution is 2.42. The zero-order valence-corrected chi connectivity index (χ0v) is 14.3. The second-order valence-electron chi connectivity index (χ2n) is 7.52. The molecule has 0 spiro atoms. The lowest BCUT2D eigenvalue weighted by molar-refractivity contribution is 0.00213. The summed E-state index contributed by atoms with van der Waals surface area (Å²) in [4.78, 5) is 14.0. The molecule has 1 heterocycles. The summed E-state index contributed by atoms with van der Waals surface area (Å²) in [7, 11) is 0. The minimum absolute atomic E-state index is 0.150. The predicted molar refractivity (Wildman–Crippen MR) is 83.8 cm³/mol. The third-order valence-corrected chi connectivity index (χ3v) is 4.67. The minimum Gasteiger partial charge on any atom is -0.444 e. The van der Waals surface area contributed by atoms with E-state index in [0.717, 1.165) is 31.8 Å². The smallest absolute Gasteiger partial charge is 0.410 e. The molecule has 0 aromatic heterocycles. The molecule has 1 unspecified atom stereocenters. The number of piperidine rings is 1. The predicted octanol–water partition coefficient (Wildman–Crippen LogP) is 4.85. The van der Waals surface area contributed by atoms with Gasteiger partial charge in [0.1, 0.15) is 5.60 Å². The monoisotopic (exact) mass is 283 g/mol. The van der Waals surface area contributed by atoms with Gasteiger partial charge in [-0.2, -0.15) is 0 Å². The van der Waals surface area contributed by atoms with Crippen molar-refractivity contribution in [3.8, 4) is 0 Å². The quantitative estimate of drug-likeness (QED) is 0.738. The Morgan fingerprint density at radius 3 is 2.20 bits per heavy atom. The van der Waals surface area contributed by atoms with E-state index in [4.69, 9.17) is 4.74 Å². The highest BCUT2D eigenvalue weighted by Gasteiger charge is 2.37. The van der Waals surface area contributed by atoms with E-state index in [1.165, 1.54) is 19.3 Å². The number of amides is 1. The Kier molecular flexibility index (Phi) is 5.91. The first kappa shape index (κ1) is 17.3. The maximum Gasteiger partial charge on any atom is 0.410 e. The zero-order valence-electron chi connectivity index (χ0n) is 14.3. The second kappa shape index (κ2) is 6.82. The van der Waals surface area contributed by atoms with E-state index in [1.807, 2.05) is 25.7 Å². The Morgan fingerprint density at radius 2 is 1.80 bits per heavy atom. The van der Waals surface area contributed by atoms with E-state index < -0.39 is 5.60 Å². The molecule has 20 heavy (non-hydrogen) atoms. The minimum atomic E-state index is -0.397. The summed E-state index contributed by atoms with van der Waals surface area (Å²) in [6, 6.07) is 0. The highest BCUT2D eigenvalue weighted by molar-refractivity contribution is 5.68. The van der Waals surface area contributed by atoms with Crippen molar-refractivity contribution in [2.45, 2.75) is 79.2 Å². The van der Waals surface area contributed by atoms with Crippen LogP contribution < -0.4 is 0 Å². The van der Waals surface area contributed by atoms with Crippen molar-refractivity contribution in [2.24, 2.45) is 11.3 Å². The number of carbonyl (C=O) groups excluding carboxylic acids is 1. The lowest BCUT2D eigenvalue weighted by Crippen LogP contribution is -2.46. The molecule has 1 atom stereocenters. The van der Waals surface area contributed by atoms with Gasteiger partial charge in [0.15, 0.2) is 0 Å². The summed E-state index contributed by atoms with van der Waals surface area (Å²) in [5.41, 5.74) is -0.00469. The summed E-state index contributed by atoms with van der Waals surface area (Å²) in [5.74, 6) is 0.785. The van der Waals surface area contributed by atoms with Gasteiger partial charge in [-0.05, 0) is 44.9 Å². The van der Waals surface area contributed by atoms with Gasteiger partial charge >= 0.3 is 6.09 Å². The van der Waals surface area contributed by atoms with Crippen LogP contribution in [-0.4, -0.2) is 29.7 Å². The van der Waals surface area contributed by atoms with Crippen LogP contribution in [0.3, 0.4) is 0 Å². The maximum absolute atomic E-state index is 12.1. The molecule has 0 radical (unpaired) electrons.